The molecule has 0 saturated heterocycles. The summed E-state index contributed by atoms with van der Waals surface area (Å²) >= 11 is 1.44. The molecule has 0 amide bonds. The largest absolute Gasteiger partial charge is 0.493 e. The van der Waals surface area contributed by atoms with Crippen molar-refractivity contribution in [2.75, 3.05) is 40.5 Å². The maximum Gasteiger partial charge on any atom is 0.260 e. The van der Waals surface area contributed by atoms with Gasteiger partial charge in [0.2, 0.25) is 0 Å². The van der Waals surface area contributed by atoms with Crippen LogP contribution in [0.25, 0.3) is 21.3 Å². The first-order valence-electron chi connectivity index (χ1n) is 11.9. The molecule has 0 fully saturated rings. The Balaban J connectivity index is 1.82. The van der Waals surface area contributed by atoms with E-state index in [9.17, 15) is 9.90 Å². The predicted molar refractivity (Wildman–Crippen MR) is 141 cm³/mol. The van der Waals surface area contributed by atoms with Crippen LogP contribution in [-0.4, -0.2) is 66.6 Å². The monoisotopic (exact) mass is 503 g/mol. The van der Waals surface area contributed by atoms with Gasteiger partial charge in [0, 0.05) is 30.6 Å². The zero-order chi connectivity index (χ0) is 25.5. The number of nitrogens with one attached hydrogen (secondary N) is 1. The first-order valence-corrected chi connectivity index (χ1v) is 12.8. The molecular weight excluding hydrogens is 466 g/mol. The lowest BCUT2D eigenvalue weighted by molar-refractivity contribution is 0.00485. The van der Waals surface area contributed by atoms with Crippen LogP contribution in [0, 0.1) is 11.8 Å². The van der Waals surface area contributed by atoms with Crippen molar-refractivity contribution in [3.05, 3.63) is 39.8 Å². The van der Waals surface area contributed by atoms with E-state index in [1.54, 1.807) is 14.2 Å². The molecule has 2 heterocycles. The predicted octanol–water partition coefficient (Wildman–Crippen LogP) is 4.16. The fourth-order valence-electron chi connectivity index (χ4n) is 4.01. The van der Waals surface area contributed by atoms with Crippen molar-refractivity contribution in [3.63, 3.8) is 0 Å². The summed E-state index contributed by atoms with van der Waals surface area (Å²) in [6.45, 7) is 11.0. The van der Waals surface area contributed by atoms with Crippen LogP contribution < -0.4 is 15.0 Å². The first-order chi connectivity index (χ1) is 16.7. The molecule has 192 valence electrons. The molecule has 2 aromatic heterocycles. The van der Waals surface area contributed by atoms with Gasteiger partial charge in [-0.05, 0) is 29.5 Å². The third-order valence-corrected chi connectivity index (χ3v) is 6.29. The van der Waals surface area contributed by atoms with E-state index in [0.717, 1.165) is 17.7 Å². The number of aliphatic hydroxyl groups excluding tert-OH is 1. The zero-order valence-electron chi connectivity index (χ0n) is 21.5. The van der Waals surface area contributed by atoms with Crippen molar-refractivity contribution in [2.45, 2.75) is 40.3 Å². The molecule has 3 rings (SSSR count). The van der Waals surface area contributed by atoms with Crippen LogP contribution in [0.3, 0.4) is 0 Å². The van der Waals surface area contributed by atoms with Gasteiger partial charge >= 0.3 is 0 Å². The van der Waals surface area contributed by atoms with Gasteiger partial charge in [-0.15, -0.1) is 11.3 Å². The van der Waals surface area contributed by atoms with Crippen molar-refractivity contribution in [1.29, 1.82) is 0 Å². The minimum Gasteiger partial charge on any atom is -0.493 e. The second-order valence-corrected chi connectivity index (χ2v) is 10.4. The van der Waals surface area contributed by atoms with E-state index in [0.29, 0.717) is 59.1 Å². The fraction of sp³-hybridized carbons (Fsp3) is 0.538. The highest BCUT2D eigenvalue weighted by Crippen LogP contribution is 2.36. The minimum atomic E-state index is -0.610. The van der Waals surface area contributed by atoms with Gasteiger partial charge in [-0.3, -0.25) is 9.69 Å². The molecule has 0 unspecified atom stereocenters. The van der Waals surface area contributed by atoms with E-state index in [-0.39, 0.29) is 12.2 Å². The summed E-state index contributed by atoms with van der Waals surface area (Å²) in [5.41, 5.74) is 1.49. The molecule has 35 heavy (non-hydrogen) atoms. The smallest absolute Gasteiger partial charge is 0.260 e. The van der Waals surface area contributed by atoms with Crippen molar-refractivity contribution in [1.82, 2.24) is 14.9 Å². The number of methoxy groups -OCH3 is 2. The van der Waals surface area contributed by atoms with Gasteiger partial charge in [0.05, 0.1) is 38.9 Å². The van der Waals surface area contributed by atoms with Gasteiger partial charge in [0.15, 0.2) is 11.5 Å². The summed E-state index contributed by atoms with van der Waals surface area (Å²) in [6.07, 6.45) is -0.610. The highest BCUT2D eigenvalue weighted by molar-refractivity contribution is 7.17. The summed E-state index contributed by atoms with van der Waals surface area (Å²) in [4.78, 5) is 23.6. The van der Waals surface area contributed by atoms with Gasteiger partial charge in [-0.25, -0.2) is 4.98 Å². The van der Waals surface area contributed by atoms with E-state index in [1.165, 1.54) is 11.3 Å². The van der Waals surface area contributed by atoms with E-state index in [2.05, 4.69) is 37.6 Å². The van der Waals surface area contributed by atoms with Crippen LogP contribution in [0.1, 0.15) is 33.5 Å². The fourth-order valence-corrected chi connectivity index (χ4v) is 4.97. The molecule has 0 aliphatic rings. The Labute approximate surface area is 210 Å². The molecule has 1 atom stereocenters. The number of hydrogen-bond donors (Lipinski definition) is 2. The minimum absolute atomic E-state index is 0.179. The Hall–Kier alpha value is -2.46. The zero-order valence-corrected chi connectivity index (χ0v) is 22.3. The Kier molecular flexibility index (Phi) is 9.68. The number of H-pyrrole nitrogens is 1. The number of ether oxygens (including phenoxy) is 3. The van der Waals surface area contributed by atoms with Crippen molar-refractivity contribution >= 4 is 21.6 Å². The molecule has 0 aliphatic carbocycles. The number of aromatic amines is 1. The Morgan fingerprint density at radius 3 is 2.46 bits per heavy atom. The molecule has 0 saturated carbocycles. The normalized spacial score (nSPS) is 12.7. The quantitative estimate of drug-likeness (QED) is 0.361. The number of aliphatic hydroxyl groups is 1. The van der Waals surface area contributed by atoms with Crippen LogP contribution in [0.5, 0.6) is 11.5 Å². The molecule has 0 radical (unpaired) electrons. The standard InChI is InChI=1S/C26H37N3O5S/c1-16(2)10-29(11-19(30)14-34-13-17(3)4)12-23-27-25(31)24-20(15-35-26(24)28-23)18-7-8-21(32-5)22(9-18)33-6/h7-9,15-17,19,30H,10-14H2,1-6H3,(H,27,28,31)/t19-/m0/s1. The van der Waals surface area contributed by atoms with Crippen LogP contribution in [-0.2, 0) is 11.3 Å². The maximum atomic E-state index is 13.1. The summed E-state index contributed by atoms with van der Waals surface area (Å²) in [7, 11) is 3.18. The Bertz CT molecular complexity index is 1160. The van der Waals surface area contributed by atoms with Crippen molar-refractivity contribution in [3.8, 4) is 22.6 Å². The van der Waals surface area contributed by atoms with Gasteiger partial charge in [-0.2, -0.15) is 0 Å². The number of aromatic nitrogens is 2. The molecule has 3 aromatic rings. The summed E-state index contributed by atoms with van der Waals surface area (Å²) in [6, 6.07) is 5.59. The topological polar surface area (TPSA) is 96.9 Å². The Morgan fingerprint density at radius 2 is 1.80 bits per heavy atom. The van der Waals surface area contributed by atoms with E-state index < -0.39 is 6.10 Å². The number of hydrogen-bond acceptors (Lipinski definition) is 8. The third kappa shape index (κ3) is 7.27. The molecule has 8 nitrogen and oxygen atoms in total. The summed E-state index contributed by atoms with van der Waals surface area (Å²) < 4.78 is 16.3. The van der Waals surface area contributed by atoms with E-state index in [4.69, 9.17) is 19.2 Å². The maximum absolute atomic E-state index is 13.1. The number of thiophene rings is 1. The van der Waals surface area contributed by atoms with Gasteiger partial charge in [0.1, 0.15) is 10.7 Å². The summed E-state index contributed by atoms with van der Waals surface area (Å²) in [5.74, 6) is 2.63. The van der Waals surface area contributed by atoms with Crippen molar-refractivity contribution < 1.29 is 19.3 Å². The highest BCUT2D eigenvalue weighted by atomic mass is 32.1. The van der Waals surface area contributed by atoms with Crippen LogP contribution in [0.15, 0.2) is 28.4 Å². The number of fused-ring (bicyclic) bond motifs is 1. The van der Waals surface area contributed by atoms with Crippen molar-refractivity contribution in [2.24, 2.45) is 11.8 Å². The number of benzene rings is 1. The van der Waals surface area contributed by atoms with Crippen LogP contribution in [0.2, 0.25) is 0 Å². The molecule has 0 bridgehead atoms. The average molecular weight is 504 g/mol. The molecule has 0 aliphatic heterocycles. The van der Waals surface area contributed by atoms with Crippen LogP contribution in [0.4, 0.5) is 0 Å². The first kappa shape index (κ1) is 27.1. The van der Waals surface area contributed by atoms with E-state index in [1.807, 2.05) is 23.6 Å². The van der Waals surface area contributed by atoms with Gasteiger partial charge < -0.3 is 24.3 Å². The lowest BCUT2D eigenvalue weighted by atomic mass is 10.1. The third-order valence-electron chi connectivity index (χ3n) is 5.41. The Morgan fingerprint density at radius 1 is 1.06 bits per heavy atom. The number of nitrogens with zero attached hydrogens (tertiary/aromatic N) is 2. The van der Waals surface area contributed by atoms with Crippen LogP contribution >= 0.6 is 11.3 Å². The highest BCUT2D eigenvalue weighted by Gasteiger charge is 2.18. The second kappa shape index (κ2) is 12.5. The van der Waals surface area contributed by atoms with Gasteiger partial charge in [0.25, 0.3) is 5.56 Å². The van der Waals surface area contributed by atoms with E-state index >= 15 is 0 Å². The molecule has 9 heteroatoms. The lowest BCUT2D eigenvalue weighted by Gasteiger charge is -2.26. The molecular formula is C26H37N3O5S. The molecule has 0 spiro atoms. The summed E-state index contributed by atoms with van der Waals surface area (Å²) in [5, 5.41) is 13.0. The second-order valence-electron chi connectivity index (χ2n) is 9.58. The molecule has 2 N–H and O–H groups in total. The molecule has 1 aromatic carbocycles. The van der Waals surface area contributed by atoms with Gasteiger partial charge in [-0.1, -0.05) is 33.8 Å². The lowest BCUT2D eigenvalue weighted by Crippen LogP contribution is -2.37. The number of rotatable bonds is 13. The average Bonchev–Trinajstić information content (AvgIpc) is 3.22. The SMILES string of the molecule is COc1ccc(-c2csc3nc(CN(CC(C)C)C[C@H](O)COCC(C)C)[nH]c(=O)c23)cc1OC.